The first kappa shape index (κ1) is 19.8. The minimum absolute atomic E-state index is 0.0548. The van der Waals surface area contributed by atoms with E-state index in [9.17, 15) is 9.59 Å². The molecule has 0 atom stereocenters. The Morgan fingerprint density at radius 3 is 2.46 bits per heavy atom. The fourth-order valence-corrected chi connectivity index (χ4v) is 2.89. The molecule has 1 fully saturated rings. The number of urea groups is 1. The predicted octanol–water partition coefficient (Wildman–Crippen LogP) is 2.50. The van der Waals surface area contributed by atoms with Crippen molar-refractivity contribution in [2.24, 2.45) is 0 Å². The summed E-state index contributed by atoms with van der Waals surface area (Å²) in [7, 11) is 1.49. The summed E-state index contributed by atoms with van der Waals surface area (Å²) in [6, 6.07) is 10.0. The van der Waals surface area contributed by atoms with E-state index >= 15 is 0 Å². The highest BCUT2D eigenvalue weighted by atomic mass is 35.5. The maximum Gasteiger partial charge on any atom is 0.322 e. The summed E-state index contributed by atoms with van der Waals surface area (Å²) >= 11 is 5.82. The Balaban J connectivity index is 1.46. The average Bonchev–Trinajstić information content (AvgIpc) is 2.73. The van der Waals surface area contributed by atoms with Crippen molar-refractivity contribution in [1.82, 2.24) is 14.8 Å². The number of nitrogens with one attached hydrogen (secondary N) is 1. The molecule has 0 saturated carbocycles. The monoisotopic (exact) mass is 404 g/mol. The summed E-state index contributed by atoms with van der Waals surface area (Å²) in [6.07, 6.45) is 1.59. The number of piperazine rings is 1. The van der Waals surface area contributed by atoms with Crippen molar-refractivity contribution < 1.29 is 19.1 Å². The molecule has 1 N–H and O–H groups in total. The lowest BCUT2D eigenvalue weighted by atomic mass is 10.3. The van der Waals surface area contributed by atoms with Crippen molar-refractivity contribution in [2.45, 2.75) is 0 Å². The lowest BCUT2D eigenvalue weighted by Crippen LogP contribution is -2.52. The van der Waals surface area contributed by atoms with E-state index in [1.807, 2.05) is 0 Å². The summed E-state index contributed by atoms with van der Waals surface area (Å²) in [5, 5.41) is 3.40. The molecule has 9 heteroatoms. The fraction of sp³-hybridized carbons (Fsp3) is 0.316. The van der Waals surface area contributed by atoms with E-state index in [0.29, 0.717) is 48.5 Å². The lowest BCUT2D eigenvalue weighted by molar-refractivity contribution is -0.134. The predicted molar refractivity (Wildman–Crippen MR) is 105 cm³/mol. The van der Waals surface area contributed by atoms with Crippen LogP contribution < -0.4 is 14.8 Å². The van der Waals surface area contributed by atoms with Crippen molar-refractivity contribution >= 4 is 29.2 Å². The van der Waals surface area contributed by atoms with Crippen molar-refractivity contribution in [1.29, 1.82) is 0 Å². The van der Waals surface area contributed by atoms with Crippen LogP contribution in [0.3, 0.4) is 0 Å². The summed E-state index contributed by atoms with van der Waals surface area (Å²) in [5.74, 6) is 0.814. The summed E-state index contributed by atoms with van der Waals surface area (Å²) in [4.78, 5) is 32.1. The van der Waals surface area contributed by atoms with Gasteiger partial charge in [0, 0.05) is 37.4 Å². The SMILES string of the molecule is COc1ncccc1NC(=O)N1CCN(C(=O)COc2ccc(Cl)cc2)CC1. The van der Waals surface area contributed by atoms with Crippen molar-refractivity contribution in [3.63, 3.8) is 0 Å². The highest BCUT2D eigenvalue weighted by Gasteiger charge is 2.25. The van der Waals surface area contributed by atoms with Gasteiger partial charge < -0.3 is 24.6 Å². The number of methoxy groups -OCH3 is 1. The molecule has 0 radical (unpaired) electrons. The largest absolute Gasteiger partial charge is 0.484 e. The van der Waals surface area contributed by atoms with E-state index in [2.05, 4.69) is 10.3 Å². The van der Waals surface area contributed by atoms with Crippen molar-refractivity contribution in [3.05, 3.63) is 47.6 Å². The van der Waals surface area contributed by atoms with Crippen molar-refractivity contribution in [3.8, 4) is 11.6 Å². The van der Waals surface area contributed by atoms with E-state index in [-0.39, 0.29) is 18.5 Å². The summed E-state index contributed by atoms with van der Waals surface area (Å²) < 4.78 is 10.6. The molecule has 1 aliphatic rings. The first-order valence-corrected chi connectivity index (χ1v) is 9.15. The molecule has 0 spiro atoms. The van der Waals surface area contributed by atoms with Crippen LogP contribution in [0.5, 0.6) is 11.6 Å². The van der Waals surface area contributed by atoms with Gasteiger partial charge in [-0.15, -0.1) is 0 Å². The highest BCUT2D eigenvalue weighted by Crippen LogP contribution is 2.20. The number of amides is 3. The molecule has 0 unspecified atom stereocenters. The number of rotatable bonds is 5. The summed E-state index contributed by atoms with van der Waals surface area (Å²) in [6.45, 7) is 1.70. The molecule has 1 aromatic carbocycles. The summed E-state index contributed by atoms with van der Waals surface area (Å²) in [5.41, 5.74) is 0.505. The molecule has 28 heavy (non-hydrogen) atoms. The van der Waals surface area contributed by atoms with Gasteiger partial charge in [0.1, 0.15) is 11.4 Å². The van der Waals surface area contributed by atoms with Crippen LogP contribution in [-0.4, -0.2) is 66.6 Å². The number of pyridine rings is 1. The smallest absolute Gasteiger partial charge is 0.322 e. The molecule has 1 saturated heterocycles. The molecule has 3 amide bonds. The topological polar surface area (TPSA) is 84.0 Å². The van der Waals surface area contributed by atoms with Crippen LogP contribution in [0, 0.1) is 0 Å². The Kier molecular flexibility index (Phi) is 6.54. The number of nitrogens with zero attached hydrogens (tertiary/aromatic N) is 3. The zero-order chi connectivity index (χ0) is 19.9. The zero-order valence-corrected chi connectivity index (χ0v) is 16.2. The number of carbonyl (C=O) groups is 2. The van der Waals surface area contributed by atoms with Crippen LogP contribution in [0.15, 0.2) is 42.6 Å². The van der Waals surface area contributed by atoms with Crippen LogP contribution in [0.25, 0.3) is 0 Å². The van der Waals surface area contributed by atoms with Gasteiger partial charge in [0.25, 0.3) is 5.91 Å². The Morgan fingerprint density at radius 1 is 1.11 bits per heavy atom. The molecule has 2 heterocycles. The van der Waals surface area contributed by atoms with E-state index < -0.39 is 0 Å². The molecule has 1 aromatic heterocycles. The normalized spacial score (nSPS) is 13.8. The number of carbonyl (C=O) groups excluding carboxylic acids is 2. The van der Waals surface area contributed by atoms with Gasteiger partial charge in [-0.3, -0.25) is 4.79 Å². The third-order valence-electron chi connectivity index (χ3n) is 4.30. The Labute approximate surface area is 168 Å². The molecular formula is C19H21ClN4O4. The van der Waals surface area contributed by atoms with Gasteiger partial charge in [-0.1, -0.05) is 11.6 Å². The van der Waals surface area contributed by atoms with E-state index in [0.717, 1.165) is 0 Å². The maximum absolute atomic E-state index is 12.4. The Morgan fingerprint density at radius 2 is 1.79 bits per heavy atom. The number of aromatic nitrogens is 1. The number of anilines is 1. The van der Waals surface area contributed by atoms with Gasteiger partial charge in [0.15, 0.2) is 6.61 Å². The van der Waals surface area contributed by atoms with E-state index in [4.69, 9.17) is 21.1 Å². The third-order valence-corrected chi connectivity index (χ3v) is 4.55. The fourth-order valence-electron chi connectivity index (χ4n) is 2.77. The quantitative estimate of drug-likeness (QED) is 0.827. The van der Waals surface area contributed by atoms with Gasteiger partial charge in [0.2, 0.25) is 5.88 Å². The van der Waals surface area contributed by atoms with Gasteiger partial charge in [-0.05, 0) is 36.4 Å². The Hall–Kier alpha value is -3.00. The van der Waals surface area contributed by atoms with Crippen molar-refractivity contribution in [2.75, 3.05) is 45.2 Å². The standard InChI is InChI=1S/C19H21ClN4O4/c1-27-18-16(3-2-8-21-18)22-19(26)24-11-9-23(10-12-24)17(25)13-28-15-6-4-14(20)5-7-15/h2-8H,9-13H2,1H3,(H,22,26). The van der Waals surface area contributed by atoms with E-state index in [1.165, 1.54) is 7.11 Å². The van der Waals surface area contributed by atoms with E-state index in [1.54, 1.807) is 52.4 Å². The average molecular weight is 405 g/mol. The van der Waals surface area contributed by atoms with Crippen LogP contribution in [0.2, 0.25) is 5.02 Å². The number of hydrogen-bond acceptors (Lipinski definition) is 5. The molecule has 1 aliphatic heterocycles. The first-order valence-electron chi connectivity index (χ1n) is 8.78. The zero-order valence-electron chi connectivity index (χ0n) is 15.4. The van der Waals surface area contributed by atoms with Crippen LogP contribution in [0.4, 0.5) is 10.5 Å². The van der Waals surface area contributed by atoms with Gasteiger partial charge in [0.05, 0.1) is 7.11 Å². The molecule has 0 bridgehead atoms. The molecule has 2 aromatic rings. The minimum atomic E-state index is -0.254. The second kappa shape index (κ2) is 9.27. The highest BCUT2D eigenvalue weighted by molar-refractivity contribution is 6.30. The van der Waals surface area contributed by atoms with Crippen LogP contribution in [0.1, 0.15) is 0 Å². The molecule has 8 nitrogen and oxygen atoms in total. The Bertz CT molecular complexity index is 823. The number of halogens is 1. The van der Waals surface area contributed by atoms with Crippen LogP contribution in [-0.2, 0) is 4.79 Å². The first-order chi connectivity index (χ1) is 13.6. The minimum Gasteiger partial charge on any atom is -0.484 e. The molecule has 3 rings (SSSR count). The second-order valence-corrected chi connectivity index (χ2v) is 6.54. The van der Waals surface area contributed by atoms with Gasteiger partial charge in [-0.2, -0.15) is 0 Å². The second-order valence-electron chi connectivity index (χ2n) is 6.10. The lowest BCUT2D eigenvalue weighted by Gasteiger charge is -2.34. The third kappa shape index (κ3) is 5.04. The van der Waals surface area contributed by atoms with Gasteiger partial charge >= 0.3 is 6.03 Å². The maximum atomic E-state index is 12.4. The molecule has 148 valence electrons. The molecular weight excluding hydrogens is 384 g/mol. The molecule has 0 aliphatic carbocycles. The van der Waals surface area contributed by atoms with Crippen LogP contribution >= 0.6 is 11.6 Å². The number of benzene rings is 1. The number of ether oxygens (including phenoxy) is 2. The van der Waals surface area contributed by atoms with Gasteiger partial charge in [-0.25, -0.2) is 9.78 Å². The number of hydrogen-bond donors (Lipinski definition) is 1.